The first-order valence-corrected chi connectivity index (χ1v) is 7.07. The molecule has 0 aromatic carbocycles. The highest BCUT2D eigenvalue weighted by Gasteiger charge is 2.26. The van der Waals surface area contributed by atoms with E-state index in [2.05, 4.69) is 24.1 Å². The Morgan fingerprint density at radius 2 is 2.00 bits per heavy atom. The lowest BCUT2D eigenvalue weighted by Gasteiger charge is -2.37. The van der Waals surface area contributed by atoms with E-state index >= 15 is 0 Å². The third-order valence-electron chi connectivity index (χ3n) is 3.70. The van der Waals surface area contributed by atoms with E-state index in [1.165, 1.54) is 0 Å². The Kier molecular flexibility index (Phi) is 4.92. The van der Waals surface area contributed by atoms with E-state index in [1.54, 1.807) is 24.5 Å². The molecule has 20 heavy (non-hydrogen) atoms. The van der Waals surface area contributed by atoms with Crippen LogP contribution in [0.5, 0.6) is 0 Å². The Bertz CT molecular complexity index is 428. The number of anilines is 1. The van der Waals surface area contributed by atoms with Gasteiger partial charge in [0.2, 0.25) is 0 Å². The van der Waals surface area contributed by atoms with Crippen molar-refractivity contribution in [2.45, 2.75) is 38.8 Å². The number of urea groups is 1. The lowest BCUT2D eigenvalue weighted by atomic mass is 10.0. The number of nitrogens with one attached hydrogen (secondary N) is 1. The van der Waals surface area contributed by atoms with Gasteiger partial charge in [0.1, 0.15) is 0 Å². The molecule has 1 aliphatic rings. The van der Waals surface area contributed by atoms with Crippen LogP contribution in [-0.2, 0) is 0 Å². The van der Waals surface area contributed by atoms with Crippen LogP contribution in [0.25, 0.3) is 0 Å². The molecule has 2 rings (SSSR count). The van der Waals surface area contributed by atoms with Crippen LogP contribution in [0.4, 0.5) is 10.5 Å². The summed E-state index contributed by atoms with van der Waals surface area (Å²) in [5, 5.41) is 4.78. The largest absolute Gasteiger partial charge is 0.324 e. The average Bonchev–Trinajstić information content (AvgIpc) is 2.47. The molecule has 1 aromatic rings. The molecule has 0 saturated carbocycles. The van der Waals surface area contributed by atoms with Crippen molar-refractivity contribution in [3.8, 4) is 0 Å². The second-order valence-electron chi connectivity index (χ2n) is 5.43. The number of hydrogen-bond acceptors (Lipinski definition) is 4. The molecule has 6 heteroatoms. The normalized spacial score (nSPS) is 16.8. The van der Waals surface area contributed by atoms with E-state index in [0.717, 1.165) is 31.6 Å². The fourth-order valence-electron chi connectivity index (χ4n) is 2.43. The van der Waals surface area contributed by atoms with Crippen molar-refractivity contribution >= 4 is 11.7 Å². The van der Waals surface area contributed by atoms with Crippen LogP contribution in [0, 0.1) is 0 Å². The number of rotatable bonds is 3. The zero-order chi connectivity index (χ0) is 14.5. The number of aromatic nitrogens is 1. The van der Waals surface area contributed by atoms with Crippen LogP contribution in [0.15, 0.2) is 24.5 Å². The van der Waals surface area contributed by atoms with Crippen molar-refractivity contribution in [2.24, 2.45) is 5.84 Å². The zero-order valence-electron chi connectivity index (χ0n) is 12.1. The van der Waals surface area contributed by atoms with Gasteiger partial charge >= 0.3 is 6.03 Å². The first-order chi connectivity index (χ1) is 9.58. The molecule has 1 aromatic heterocycles. The van der Waals surface area contributed by atoms with E-state index in [-0.39, 0.29) is 6.03 Å². The minimum absolute atomic E-state index is 0.0530. The Morgan fingerprint density at radius 3 is 2.55 bits per heavy atom. The van der Waals surface area contributed by atoms with Crippen molar-refractivity contribution < 1.29 is 4.79 Å². The maximum absolute atomic E-state index is 12.1. The van der Waals surface area contributed by atoms with E-state index in [1.807, 2.05) is 9.91 Å². The highest BCUT2D eigenvalue weighted by atomic mass is 16.2. The predicted octanol–water partition coefficient (Wildman–Crippen LogP) is 1.66. The number of amides is 2. The monoisotopic (exact) mass is 277 g/mol. The molecular formula is C14H23N5O. The number of carbonyl (C=O) groups excluding carboxylic acids is 1. The van der Waals surface area contributed by atoms with Gasteiger partial charge in [0, 0.05) is 43.3 Å². The van der Waals surface area contributed by atoms with Gasteiger partial charge in [-0.05, 0) is 38.8 Å². The molecule has 1 fully saturated rings. The summed E-state index contributed by atoms with van der Waals surface area (Å²) in [5.74, 6) is 6.04. The number of hydrazine groups is 1. The first kappa shape index (κ1) is 14.7. The van der Waals surface area contributed by atoms with E-state index in [0.29, 0.717) is 12.1 Å². The molecule has 1 aliphatic heterocycles. The van der Waals surface area contributed by atoms with Crippen molar-refractivity contribution in [1.29, 1.82) is 0 Å². The fraction of sp³-hybridized carbons (Fsp3) is 0.571. The molecule has 110 valence electrons. The number of nitrogens with two attached hydrogens (primary N) is 1. The smallest absolute Gasteiger partial charge is 0.321 e. The Morgan fingerprint density at radius 1 is 1.40 bits per heavy atom. The summed E-state index contributed by atoms with van der Waals surface area (Å²) in [5.41, 5.74) is 0.773. The van der Waals surface area contributed by atoms with Crippen LogP contribution in [-0.4, -0.2) is 46.1 Å². The molecule has 6 nitrogen and oxygen atoms in total. The summed E-state index contributed by atoms with van der Waals surface area (Å²) in [6.07, 6.45) is 5.16. The molecule has 1 saturated heterocycles. The van der Waals surface area contributed by atoms with E-state index in [4.69, 9.17) is 5.84 Å². The van der Waals surface area contributed by atoms with E-state index in [9.17, 15) is 4.79 Å². The summed E-state index contributed by atoms with van der Waals surface area (Å²) < 4.78 is 0. The number of hydrogen-bond donors (Lipinski definition) is 2. The maximum atomic E-state index is 12.1. The minimum Gasteiger partial charge on any atom is -0.324 e. The molecule has 2 heterocycles. The molecule has 0 aliphatic carbocycles. The molecule has 0 spiro atoms. The standard InChI is InChI=1S/C14H23N5O/c1-11(2)19(15)13-5-9-18(10-6-13)14(20)17-12-3-7-16-8-4-12/h3-4,7-8,11,13H,5-6,9-10,15H2,1-2H3,(H,16,17,20). The Balaban J connectivity index is 1.83. The highest BCUT2D eigenvalue weighted by Crippen LogP contribution is 2.17. The quantitative estimate of drug-likeness (QED) is 0.651. The number of carbonyl (C=O) groups is 1. The molecule has 3 N–H and O–H groups in total. The molecular weight excluding hydrogens is 254 g/mol. The number of nitrogens with zero attached hydrogens (tertiary/aromatic N) is 3. The number of pyridine rings is 1. The number of likely N-dealkylation sites (tertiary alicyclic amines) is 1. The molecule has 0 unspecified atom stereocenters. The van der Waals surface area contributed by atoms with Crippen molar-refractivity contribution in [2.75, 3.05) is 18.4 Å². The van der Waals surface area contributed by atoms with Crippen molar-refractivity contribution in [3.05, 3.63) is 24.5 Å². The lowest BCUT2D eigenvalue weighted by Crippen LogP contribution is -2.52. The van der Waals surface area contributed by atoms with Gasteiger partial charge in [-0.3, -0.25) is 10.8 Å². The summed E-state index contributed by atoms with van der Waals surface area (Å²) >= 11 is 0. The fourth-order valence-corrected chi connectivity index (χ4v) is 2.43. The van der Waals surface area contributed by atoms with Gasteiger partial charge in [0.25, 0.3) is 0 Å². The van der Waals surface area contributed by atoms with Gasteiger partial charge in [0.05, 0.1) is 0 Å². The molecule has 2 amide bonds. The zero-order valence-corrected chi connectivity index (χ0v) is 12.1. The van der Waals surface area contributed by atoms with Crippen molar-refractivity contribution in [1.82, 2.24) is 14.9 Å². The summed E-state index contributed by atoms with van der Waals surface area (Å²) in [6.45, 7) is 5.65. The SMILES string of the molecule is CC(C)N(N)C1CCN(C(=O)Nc2ccncc2)CC1. The Labute approximate surface area is 119 Å². The van der Waals surface area contributed by atoms with Crippen molar-refractivity contribution in [3.63, 3.8) is 0 Å². The molecule has 0 radical (unpaired) electrons. The van der Waals surface area contributed by atoms with Crippen LogP contribution in [0.1, 0.15) is 26.7 Å². The van der Waals surface area contributed by atoms with Crippen LogP contribution in [0.3, 0.4) is 0 Å². The first-order valence-electron chi connectivity index (χ1n) is 7.07. The van der Waals surface area contributed by atoms with Crippen LogP contribution < -0.4 is 11.2 Å². The Hall–Kier alpha value is -1.66. The highest BCUT2D eigenvalue weighted by molar-refractivity contribution is 5.89. The predicted molar refractivity (Wildman–Crippen MR) is 79.0 cm³/mol. The van der Waals surface area contributed by atoms with E-state index < -0.39 is 0 Å². The lowest BCUT2D eigenvalue weighted by molar-refractivity contribution is 0.0970. The van der Waals surface area contributed by atoms with Gasteiger partial charge in [0.15, 0.2) is 0 Å². The van der Waals surface area contributed by atoms with Gasteiger partial charge < -0.3 is 10.2 Å². The maximum Gasteiger partial charge on any atom is 0.321 e. The van der Waals surface area contributed by atoms with Gasteiger partial charge in [-0.1, -0.05) is 0 Å². The van der Waals surface area contributed by atoms with Crippen LogP contribution >= 0.6 is 0 Å². The second-order valence-corrected chi connectivity index (χ2v) is 5.43. The third-order valence-corrected chi connectivity index (χ3v) is 3.70. The summed E-state index contributed by atoms with van der Waals surface area (Å²) in [6, 6.07) is 4.20. The summed E-state index contributed by atoms with van der Waals surface area (Å²) in [7, 11) is 0. The van der Waals surface area contributed by atoms with Gasteiger partial charge in [-0.2, -0.15) is 0 Å². The summed E-state index contributed by atoms with van der Waals surface area (Å²) in [4.78, 5) is 17.9. The minimum atomic E-state index is -0.0530. The molecule has 0 atom stereocenters. The number of piperidine rings is 1. The second kappa shape index (κ2) is 6.67. The molecule has 0 bridgehead atoms. The van der Waals surface area contributed by atoms with Gasteiger partial charge in [-0.15, -0.1) is 0 Å². The van der Waals surface area contributed by atoms with Crippen LogP contribution in [0.2, 0.25) is 0 Å². The average molecular weight is 277 g/mol. The topological polar surface area (TPSA) is 74.5 Å². The van der Waals surface area contributed by atoms with Gasteiger partial charge in [-0.25, -0.2) is 9.80 Å². The third kappa shape index (κ3) is 3.68.